The molecule has 2 heteroatoms. The van der Waals surface area contributed by atoms with Crippen LogP contribution in [0.1, 0.15) is 84.5 Å². The Balaban J connectivity index is 3.05. The third-order valence-electron chi connectivity index (χ3n) is 3.08. The maximum absolute atomic E-state index is 11.3. The van der Waals surface area contributed by atoms with E-state index >= 15 is 0 Å². The van der Waals surface area contributed by atoms with Crippen molar-refractivity contribution in [1.29, 1.82) is 0 Å². The summed E-state index contributed by atoms with van der Waals surface area (Å²) in [5, 5.41) is 2.92. The molecule has 0 bridgehead atoms. The van der Waals surface area contributed by atoms with Crippen molar-refractivity contribution in [3.63, 3.8) is 0 Å². The molecular weight excluding hydrogens is 210 g/mol. The van der Waals surface area contributed by atoms with Crippen LogP contribution in [0.25, 0.3) is 0 Å². The van der Waals surface area contributed by atoms with Gasteiger partial charge in [-0.05, 0) is 12.8 Å². The fraction of sp³-hybridized carbons (Fsp3) is 0.933. The van der Waals surface area contributed by atoms with Gasteiger partial charge in [0, 0.05) is 13.0 Å². The molecule has 0 rings (SSSR count). The van der Waals surface area contributed by atoms with Crippen molar-refractivity contribution in [3.05, 3.63) is 0 Å². The number of carbonyl (C=O) groups excluding carboxylic acids is 1. The molecule has 0 fully saturated rings. The highest BCUT2D eigenvalue weighted by atomic mass is 16.1. The molecule has 0 unspecified atom stereocenters. The summed E-state index contributed by atoms with van der Waals surface area (Å²) in [4.78, 5) is 11.3. The SMILES string of the molecule is CCCCCCCCCCCC(=O)NCCC. The van der Waals surface area contributed by atoms with E-state index in [1.165, 1.54) is 51.4 Å². The summed E-state index contributed by atoms with van der Waals surface area (Å²) in [6.45, 7) is 5.17. The second kappa shape index (κ2) is 13.5. The summed E-state index contributed by atoms with van der Waals surface area (Å²) in [6.07, 6.45) is 13.6. The van der Waals surface area contributed by atoms with E-state index in [9.17, 15) is 4.79 Å². The molecule has 102 valence electrons. The zero-order valence-corrected chi connectivity index (χ0v) is 11.9. The van der Waals surface area contributed by atoms with Crippen LogP contribution in [0.15, 0.2) is 0 Å². The Bertz CT molecular complexity index is 168. The van der Waals surface area contributed by atoms with Crippen molar-refractivity contribution in [3.8, 4) is 0 Å². The van der Waals surface area contributed by atoms with Gasteiger partial charge >= 0.3 is 0 Å². The molecule has 0 saturated heterocycles. The number of nitrogens with one attached hydrogen (secondary N) is 1. The van der Waals surface area contributed by atoms with Gasteiger partial charge in [-0.25, -0.2) is 0 Å². The second-order valence-electron chi connectivity index (χ2n) is 4.93. The van der Waals surface area contributed by atoms with Crippen LogP contribution < -0.4 is 5.32 Å². The number of hydrogen-bond acceptors (Lipinski definition) is 1. The topological polar surface area (TPSA) is 29.1 Å². The standard InChI is InChI=1S/C15H31NO/c1-3-5-6-7-8-9-10-11-12-13-15(17)16-14-4-2/h3-14H2,1-2H3,(H,16,17). The van der Waals surface area contributed by atoms with E-state index in [0.717, 1.165) is 25.8 Å². The molecule has 0 spiro atoms. The van der Waals surface area contributed by atoms with E-state index in [-0.39, 0.29) is 5.91 Å². The summed E-state index contributed by atoms with van der Waals surface area (Å²) in [5.41, 5.74) is 0. The van der Waals surface area contributed by atoms with Crippen LogP contribution >= 0.6 is 0 Å². The molecule has 0 atom stereocenters. The third-order valence-corrected chi connectivity index (χ3v) is 3.08. The van der Waals surface area contributed by atoms with E-state index in [1.54, 1.807) is 0 Å². The average molecular weight is 241 g/mol. The quantitative estimate of drug-likeness (QED) is 0.503. The van der Waals surface area contributed by atoms with Crippen LogP contribution in [0.3, 0.4) is 0 Å². The van der Waals surface area contributed by atoms with Crippen LogP contribution in [0.5, 0.6) is 0 Å². The zero-order valence-electron chi connectivity index (χ0n) is 11.9. The Labute approximate surface area is 108 Å². The molecule has 0 aliphatic rings. The van der Waals surface area contributed by atoms with Gasteiger partial charge < -0.3 is 5.32 Å². The van der Waals surface area contributed by atoms with Crippen molar-refractivity contribution < 1.29 is 4.79 Å². The van der Waals surface area contributed by atoms with Gasteiger partial charge in [0.05, 0.1) is 0 Å². The first-order valence-electron chi connectivity index (χ1n) is 7.58. The monoisotopic (exact) mass is 241 g/mol. The maximum Gasteiger partial charge on any atom is 0.219 e. The highest BCUT2D eigenvalue weighted by Crippen LogP contribution is 2.10. The summed E-state index contributed by atoms with van der Waals surface area (Å²) in [7, 11) is 0. The van der Waals surface area contributed by atoms with Crippen LogP contribution in [-0.4, -0.2) is 12.5 Å². The Morgan fingerprint density at radius 1 is 0.765 bits per heavy atom. The van der Waals surface area contributed by atoms with E-state index in [0.29, 0.717) is 0 Å². The Morgan fingerprint density at radius 3 is 1.82 bits per heavy atom. The molecule has 2 nitrogen and oxygen atoms in total. The Kier molecular flexibility index (Phi) is 13.1. The van der Waals surface area contributed by atoms with Crippen molar-refractivity contribution >= 4 is 5.91 Å². The van der Waals surface area contributed by atoms with Gasteiger partial charge in [0.25, 0.3) is 0 Å². The van der Waals surface area contributed by atoms with Crippen LogP contribution in [0.4, 0.5) is 0 Å². The molecule has 1 N–H and O–H groups in total. The van der Waals surface area contributed by atoms with Gasteiger partial charge in [0.1, 0.15) is 0 Å². The normalized spacial score (nSPS) is 10.5. The molecular formula is C15H31NO. The van der Waals surface area contributed by atoms with Gasteiger partial charge in [0.15, 0.2) is 0 Å². The molecule has 0 aliphatic carbocycles. The van der Waals surface area contributed by atoms with Crippen molar-refractivity contribution in [2.45, 2.75) is 84.5 Å². The summed E-state index contributed by atoms with van der Waals surface area (Å²) < 4.78 is 0. The van der Waals surface area contributed by atoms with Gasteiger partial charge in [-0.3, -0.25) is 4.79 Å². The summed E-state index contributed by atoms with van der Waals surface area (Å²) in [5.74, 6) is 0.231. The molecule has 0 aromatic heterocycles. The number of unbranched alkanes of at least 4 members (excludes halogenated alkanes) is 8. The van der Waals surface area contributed by atoms with Crippen LogP contribution in [-0.2, 0) is 4.79 Å². The minimum atomic E-state index is 0.231. The molecule has 0 saturated carbocycles. The number of amides is 1. The summed E-state index contributed by atoms with van der Waals surface area (Å²) >= 11 is 0. The lowest BCUT2D eigenvalue weighted by Gasteiger charge is -2.03. The van der Waals surface area contributed by atoms with E-state index in [2.05, 4.69) is 19.2 Å². The van der Waals surface area contributed by atoms with Gasteiger partial charge in [0.2, 0.25) is 5.91 Å². The van der Waals surface area contributed by atoms with Gasteiger partial charge in [-0.2, -0.15) is 0 Å². The lowest BCUT2D eigenvalue weighted by atomic mass is 10.1. The minimum absolute atomic E-state index is 0.231. The van der Waals surface area contributed by atoms with Crippen LogP contribution in [0, 0.1) is 0 Å². The lowest BCUT2D eigenvalue weighted by molar-refractivity contribution is -0.121. The first-order chi connectivity index (χ1) is 8.31. The predicted molar refractivity (Wildman–Crippen MR) is 75.1 cm³/mol. The van der Waals surface area contributed by atoms with Crippen molar-refractivity contribution in [2.24, 2.45) is 0 Å². The second-order valence-corrected chi connectivity index (χ2v) is 4.93. The fourth-order valence-corrected chi connectivity index (χ4v) is 1.95. The number of carbonyl (C=O) groups is 1. The molecule has 0 aliphatic heterocycles. The number of hydrogen-bond donors (Lipinski definition) is 1. The Morgan fingerprint density at radius 2 is 1.29 bits per heavy atom. The Hall–Kier alpha value is -0.530. The average Bonchev–Trinajstić information content (AvgIpc) is 2.34. The van der Waals surface area contributed by atoms with Crippen molar-refractivity contribution in [2.75, 3.05) is 6.54 Å². The minimum Gasteiger partial charge on any atom is -0.356 e. The lowest BCUT2D eigenvalue weighted by Crippen LogP contribution is -2.23. The maximum atomic E-state index is 11.3. The van der Waals surface area contributed by atoms with E-state index in [4.69, 9.17) is 0 Å². The summed E-state index contributed by atoms with van der Waals surface area (Å²) in [6, 6.07) is 0. The van der Waals surface area contributed by atoms with Gasteiger partial charge in [-0.15, -0.1) is 0 Å². The van der Waals surface area contributed by atoms with E-state index in [1.807, 2.05) is 0 Å². The molecule has 0 aromatic rings. The smallest absolute Gasteiger partial charge is 0.219 e. The highest BCUT2D eigenvalue weighted by Gasteiger charge is 1.99. The zero-order chi connectivity index (χ0) is 12.8. The van der Waals surface area contributed by atoms with Crippen molar-refractivity contribution in [1.82, 2.24) is 5.32 Å². The molecule has 0 aromatic carbocycles. The first kappa shape index (κ1) is 16.5. The fourth-order valence-electron chi connectivity index (χ4n) is 1.95. The molecule has 17 heavy (non-hydrogen) atoms. The number of rotatable bonds is 12. The van der Waals surface area contributed by atoms with Gasteiger partial charge in [-0.1, -0.05) is 65.2 Å². The van der Waals surface area contributed by atoms with E-state index < -0.39 is 0 Å². The highest BCUT2D eigenvalue weighted by molar-refractivity contribution is 5.75. The van der Waals surface area contributed by atoms with Crippen LogP contribution in [0.2, 0.25) is 0 Å². The first-order valence-corrected chi connectivity index (χ1v) is 7.58. The molecule has 0 heterocycles. The third kappa shape index (κ3) is 13.4. The predicted octanol–water partition coefficient (Wildman–Crippen LogP) is 4.43. The molecule has 0 radical (unpaired) electrons. The molecule has 1 amide bonds. The largest absolute Gasteiger partial charge is 0.356 e.